The molecule has 3 N–H and O–H groups in total. The minimum Gasteiger partial charge on any atom is -0.366 e. The van der Waals surface area contributed by atoms with Gasteiger partial charge in [-0.25, -0.2) is 9.37 Å². The fourth-order valence-electron chi connectivity index (χ4n) is 3.60. The average molecular weight is 496 g/mol. The van der Waals surface area contributed by atoms with Gasteiger partial charge in [-0.1, -0.05) is 12.1 Å². The molecule has 2 heterocycles. The molecule has 12 heteroatoms. The van der Waals surface area contributed by atoms with Crippen LogP contribution in [0.4, 0.5) is 23.2 Å². The van der Waals surface area contributed by atoms with Crippen molar-refractivity contribution in [3.05, 3.63) is 88.1 Å². The van der Waals surface area contributed by atoms with E-state index in [0.717, 1.165) is 22.9 Å². The number of pyridine rings is 1. The molecule has 0 radical (unpaired) electrons. The molecule has 4 aromatic rings. The number of aromatic nitrogens is 3. The molecule has 36 heavy (non-hydrogen) atoms. The van der Waals surface area contributed by atoms with Crippen LogP contribution < -0.4 is 11.1 Å². The molecule has 182 valence electrons. The molecule has 0 saturated heterocycles. The monoisotopic (exact) mass is 496 g/mol. The van der Waals surface area contributed by atoms with E-state index in [1.54, 1.807) is 12.1 Å². The Kier molecular flexibility index (Phi) is 6.15. The predicted molar refractivity (Wildman–Crippen MR) is 120 cm³/mol. The first-order chi connectivity index (χ1) is 17.0. The molecule has 2 aromatic carbocycles. The number of halogens is 4. The summed E-state index contributed by atoms with van der Waals surface area (Å²) in [5.74, 6) is -2.68. The molecular weight excluding hydrogens is 480 g/mol. The maximum atomic E-state index is 13.8. The molecule has 0 bridgehead atoms. The van der Waals surface area contributed by atoms with Crippen LogP contribution in [0, 0.1) is 24.1 Å². The summed E-state index contributed by atoms with van der Waals surface area (Å²) in [7, 11) is 0. The van der Waals surface area contributed by atoms with Gasteiger partial charge in [-0.3, -0.25) is 14.3 Å². The number of nitriles is 1. The number of alkyl halides is 3. The second kappa shape index (κ2) is 9.10. The van der Waals surface area contributed by atoms with Crippen molar-refractivity contribution in [1.82, 2.24) is 14.8 Å². The highest BCUT2D eigenvalue weighted by atomic mass is 19.4. The van der Waals surface area contributed by atoms with Crippen LogP contribution in [0.5, 0.6) is 0 Å². The first kappa shape index (κ1) is 24.3. The first-order valence-electron chi connectivity index (χ1n) is 10.3. The molecule has 0 saturated carbocycles. The minimum absolute atomic E-state index is 0.0121. The number of carbonyl (C=O) groups is 2. The van der Waals surface area contributed by atoms with Gasteiger partial charge in [0.1, 0.15) is 11.5 Å². The van der Waals surface area contributed by atoms with Crippen molar-refractivity contribution in [1.29, 1.82) is 5.26 Å². The summed E-state index contributed by atoms with van der Waals surface area (Å²) in [6, 6.07) is 12.4. The van der Waals surface area contributed by atoms with Crippen molar-refractivity contribution in [3.63, 3.8) is 0 Å². The highest BCUT2D eigenvalue weighted by Gasteiger charge is 2.39. The van der Waals surface area contributed by atoms with E-state index in [-0.39, 0.29) is 28.7 Å². The fourth-order valence-corrected chi connectivity index (χ4v) is 3.60. The zero-order chi connectivity index (χ0) is 26.2. The van der Waals surface area contributed by atoms with E-state index in [2.05, 4.69) is 15.4 Å². The Labute approximate surface area is 201 Å². The Hall–Kier alpha value is -4.79. The summed E-state index contributed by atoms with van der Waals surface area (Å²) < 4.78 is 56.0. The molecule has 0 aliphatic rings. The quantitative estimate of drug-likeness (QED) is 0.401. The number of nitrogens with one attached hydrogen (secondary N) is 1. The molecule has 8 nitrogen and oxygen atoms in total. The Morgan fingerprint density at radius 3 is 2.44 bits per heavy atom. The molecule has 0 aliphatic carbocycles. The normalized spacial score (nSPS) is 11.3. The Morgan fingerprint density at radius 2 is 1.83 bits per heavy atom. The largest absolute Gasteiger partial charge is 0.437 e. The van der Waals surface area contributed by atoms with E-state index >= 15 is 0 Å². The van der Waals surface area contributed by atoms with Gasteiger partial charge in [-0.05, 0) is 48.9 Å². The smallest absolute Gasteiger partial charge is 0.366 e. The summed E-state index contributed by atoms with van der Waals surface area (Å²) in [6.07, 6.45) is -4.89. The number of anilines is 1. The van der Waals surface area contributed by atoms with Crippen molar-refractivity contribution < 1.29 is 27.2 Å². The number of hydrogen-bond donors (Lipinski definition) is 2. The van der Waals surface area contributed by atoms with Gasteiger partial charge in [0.05, 0.1) is 40.6 Å². The number of fused-ring (bicyclic) bond motifs is 1. The molecule has 4 rings (SSSR count). The molecule has 0 aliphatic heterocycles. The summed E-state index contributed by atoms with van der Waals surface area (Å²) in [5.41, 5.74) is 3.89. The molecule has 2 aromatic heterocycles. The summed E-state index contributed by atoms with van der Waals surface area (Å²) in [4.78, 5) is 28.9. The molecular formula is C24H16F4N6O2. The maximum Gasteiger partial charge on any atom is 0.437 e. The Bertz CT molecular complexity index is 1550. The zero-order valence-corrected chi connectivity index (χ0v) is 18.5. The highest BCUT2D eigenvalue weighted by Crippen LogP contribution is 2.36. The standard InChI is InChI=1S/C24H16F4N6O2/c1-12-20(21(24(26,27)28)33-34(12)11-14-4-2-13(10-29)3-5-14)32-23(36)19-9-17(22(30)35)16-8-15(25)6-7-18(16)31-19/h2-9H,11H2,1H3,(H2,30,35)(H,32,36). The summed E-state index contributed by atoms with van der Waals surface area (Å²) in [5, 5.41) is 14.8. The van der Waals surface area contributed by atoms with E-state index in [1.165, 1.54) is 25.1 Å². The number of rotatable bonds is 5. The third-order valence-electron chi connectivity index (χ3n) is 5.40. The molecule has 0 atom stereocenters. The fraction of sp³-hybridized carbons (Fsp3) is 0.125. The van der Waals surface area contributed by atoms with Crippen LogP contribution in [0.2, 0.25) is 0 Å². The maximum absolute atomic E-state index is 13.8. The molecule has 2 amide bonds. The van der Waals surface area contributed by atoms with Crippen LogP contribution in [0.25, 0.3) is 10.9 Å². The number of nitrogens with two attached hydrogens (primary N) is 1. The van der Waals surface area contributed by atoms with Crippen LogP contribution in [-0.2, 0) is 12.7 Å². The van der Waals surface area contributed by atoms with E-state index in [0.29, 0.717) is 11.1 Å². The van der Waals surface area contributed by atoms with Gasteiger partial charge in [0.25, 0.3) is 5.91 Å². The third-order valence-corrected chi connectivity index (χ3v) is 5.40. The van der Waals surface area contributed by atoms with Gasteiger partial charge in [-0.15, -0.1) is 0 Å². The van der Waals surface area contributed by atoms with Gasteiger partial charge in [0.2, 0.25) is 5.91 Å². The predicted octanol–water partition coefficient (Wildman–Crippen LogP) is 4.17. The van der Waals surface area contributed by atoms with E-state index < -0.39 is 40.9 Å². The van der Waals surface area contributed by atoms with Crippen molar-refractivity contribution >= 4 is 28.4 Å². The van der Waals surface area contributed by atoms with Crippen molar-refractivity contribution in [3.8, 4) is 6.07 Å². The second-order valence-electron chi connectivity index (χ2n) is 7.81. The zero-order valence-electron chi connectivity index (χ0n) is 18.5. The number of carbonyl (C=O) groups excluding carboxylic acids is 2. The molecule has 0 unspecified atom stereocenters. The van der Waals surface area contributed by atoms with Gasteiger partial charge in [0, 0.05) is 5.39 Å². The number of amides is 2. The van der Waals surface area contributed by atoms with Gasteiger partial charge >= 0.3 is 6.18 Å². The topological polar surface area (TPSA) is 127 Å². The van der Waals surface area contributed by atoms with Crippen molar-refractivity contribution in [2.24, 2.45) is 5.73 Å². The van der Waals surface area contributed by atoms with Gasteiger partial charge < -0.3 is 11.1 Å². The lowest BCUT2D eigenvalue weighted by atomic mass is 10.1. The van der Waals surface area contributed by atoms with Crippen molar-refractivity contribution in [2.75, 3.05) is 5.32 Å². The second-order valence-corrected chi connectivity index (χ2v) is 7.81. The average Bonchev–Trinajstić information content (AvgIpc) is 3.14. The minimum atomic E-state index is -4.89. The molecule has 0 spiro atoms. The summed E-state index contributed by atoms with van der Waals surface area (Å²) in [6.45, 7) is 1.30. The van der Waals surface area contributed by atoms with Crippen molar-refractivity contribution in [2.45, 2.75) is 19.6 Å². The number of nitrogens with zero attached hydrogens (tertiary/aromatic N) is 4. The lowest BCUT2D eigenvalue weighted by molar-refractivity contribution is -0.140. The Morgan fingerprint density at radius 1 is 1.14 bits per heavy atom. The highest BCUT2D eigenvalue weighted by molar-refractivity contribution is 6.10. The van der Waals surface area contributed by atoms with Crippen LogP contribution in [-0.4, -0.2) is 26.6 Å². The van der Waals surface area contributed by atoms with Crippen LogP contribution in [0.1, 0.15) is 43.4 Å². The number of benzene rings is 2. The van der Waals surface area contributed by atoms with Crippen LogP contribution in [0.15, 0.2) is 48.5 Å². The van der Waals surface area contributed by atoms with E-state index in [9.17, 15) is 27.2 Å². The lowest BCUT2D eigenvalue weighted by Gasteiger charge is -2.11. The van der Waals surface area contributed by atoms with Gasteiger partial charge in [0.15, 0.2) is 5.69 Å². The third kappa shape index (κ3) is 4.72. The van der Waals surface area contributed by atoms with Crippen LogP contribution >= 0.6 is 0 Å². The lowest BCUT2D eigenvalue weighted by Crippen LogP contribution is -2.19. The Balaban J connectivity index is 1.73. The van der Waals surface area contributed by atoms with E-state index in [4.69, 9.17) is 11.0 Å². The SMILES string of the molecule is Cc1c(NC(=O)c2cc(C(N)=O)c3cc(F)ccc3n2)c(C(F)(F)F)nn1Cc1ccc(C#N)cc1. The summed E-state index contributed by atoms with van der Waals surface area (Å²) >= 11 is 0. The first-order valence-corrected chi connectivity index (χ1v) is 10.3. The van der Waals surface area contributed by atoms with Crippen LogP contribution in [0.3, 0.4) is 0 Å². The van der Waals surface area contributed by atoms with Gasteiger partial charge in [-0.2, -0.15) is 23.5 Å². The van der Waals surface area contributed by atoms with E-state index in [1.807, 2.05) is 6.07 Å². The number of primary amides is 1. The molecule has 0 fully saturated rings. The number of hydrogen-bond acceptors (Lipinski definition) is 5.